The molecule has 1 aromatic rings. The van der Waals surface area contributed by atoms with Gasteiger partial charge in [0.15, 0.2) is 6.10 Å². The number of esters is 1. The molecule has 0 unspecified atom stereocenters. The lowest BCUT2D eigenvalue weighted by Gasteiger charge is -2.25. The number of carbonyl (C=O) groups excluding carboxylic acids is 2. The van der Waals surface area contributed by atoms with Crippen LogP contribution in [0, 0.1) is 0 Å². The largest absolute Gasteiger partial charge is 0.467 e. The zero-order valence-corrected chi connectivity index (χ0v) is 13.3. The van der Waals surface area contributed by atoms with Gasteiger partial charge in [-0.05, 0) is 32.8 Å². The van der Waals surface area contributed by atoms with Crippen LogP contribution in [0.15, 0.2) is 30.3 Å². The summed E-state index contributed by atoms with van der Waals surface area (Å²) in [6, 6.07) is 8.37. The predicted molar refractivity (Wildman–Crippen MR) is 81.3 cm³/mol. The molecule has 0 saturated heterocycles. The van der Waals surface area contributed by atoms with E-state index in [1.165, 1.54) is 7.11 Å². The molecule has 0 aliphatic heterocycles. The molecule has 122 valence electrons. The highest BCUT2D eigenvalue weighted by molar-refractivity contribution is 5.77. The van der Waals surface area contributed by atoms with Crippen LogP contribution in [-0.4, -0.2) is 42.0 Å². The second kappa shape index (κ2) is 7.79. The number of hydrogen-bond acceptors (Lipinski definition) is 5. The van der Waals surface area contributed by atoms with E-state index in [0.29, 0.717) is 0 Å². The van der Waals surface area contributed by atoms with Crippen molar-refractivity contribution in [2.45, 2.75) is 44.9 Å². The van der Waals surface area contributed by atoms with Crippen LogP contribution in [0.3, 0.4) is 0 Å². The molecule has 1 aromatic carbocycles. The molecule has 0 aliphatic carbocycles. The molecular weight excluding hydrogens is 286 g/mol. The Balaban J connectivity index is 2.82. The third-order valence-electron chi connectivity index (χ3n) is 2.82. The maximum atomic E-state index is 11.9. The molecule has 6 heteroatoms. The number of rotatable bonds is 5. The Morgan fingerprint density at radius 3 is 2.32 bits per heavy atom. The molecule has 6 nitrogen and oxygen atoms in total. The monoisotopic (exact) mass is 309 g/mol. The summed E-state index contributed by atoms with van der Waals surface area (Å²) in [5, 5.41) is 12.6. The molecule has 0 aromatic heterocycles. The zero-order chi connectivity index (χ0) is 16.8. The van der Waals surface area contributed by atoms with E-state index in [0.717, 1.165) is 5.56 Å². The lowest BCUT2D eigenvalue weighted by atomic mass is 10.0. The second-order valence-corrected chi connectivity index (χ2v) is 5.91. The van der Waals surface area contributed by atoms with Gasteiger partial charge in [-0.2, -0.15) is 0 Å². The first-order valence-corrected chi connectivity index (χ1v) is 7.02. The first-order valence-electron chi connectivity index (χ1n) is 7.02. The molecule has 2 N–H and O–H groups in total. The fourth-order valence-electron chi connectivity index (χ4n) is 1.85. The van der Waals surface area contributed by atoms with Gasteiger partial charge in [0.2, 0.25) is 0 Å². The van der Waals surface area contributed by atoms with Crippen LogP contribution in [0.2, 0.25) is 0 Å². The van der Waals surface area contributed by atoms with Crippen molar-refractivity contribution in [1.29, 1.82) is 0 Å². The van der Waals surface area contributed by atoms with Crippen LogP contribution in [0.25, 0.3) is 0 Å². The Hall–Kier alpha value is -2.08. The van der Waals surface area contributed by atoms with Crippen molar-refractivity contribution in [2.24, 2.45) is 0 Å². The normalized spacial score (nSPS) is 13.9. The maximum absolute atomic E-state index is 11.9. The van der Waals surface area contributed by atoms with E-state index in [1.807, 2.05) is 30.3 Å². The molecular formula is C16H23NO5. The lowest BCUT2D eigenvalue weighted by molar-refractivity contribution is -0.151. The minimum Gasteiger partial charge on any atom is -0.467 e. The van der Waals surface area contributed by atoms with Crippen molar-refractivity contribution in [3.05, 3.63) is 35.9 Å². The summed E-state index contributed by atoms with van der Waals surface area (Å²) in [5.41, 5.74) is 0.198. The van der Waals surface area contributed by atoms with Gasteiger partial charge >= 0.3 is 12.1 Å². The van der Waals surface area contributed by atoms with Gasteiger partial charge < -0.3 is 19.9 Å². The Kier molecular flexibility index (Phi) is 6.37. The van der Waals surface area contributed by atoms with Gasteiger partial charge in [-0.1, -0.05) is 30.3 Å². The average molecular weight is 309 g/mol. The summed E-state index contributed by atoms with van der Waals surface area (Å²) < 4.78 is 9.69. The zero-order valence-electron chi connectivity index (χ0n) is 13.3. The molecule has 0 spiro atoms. The summed E-state index contributed by atoms with van der Waals surface area (Å²) in [4.78, 5) is 23.4. The van der Waals surface area contributed by atoms with Crippen LogP contribution in [0.1, 0.15) is 26.3 Å². The minimum absolute atomic E-state index is 0.274. The molecule has 0 radical (unpaired) electrons. The van der Waals surface area contributed by atoms with Crippen LogP contribution >= 0.6 is 0 Å². The molecule has 1 rings (SSSR count). The third kappa shape index (κ3) is 6.13. The number of carbonyl (C=O) groups is 2. The summed E-state index contributed by atoms with van der Waals surface area (Å²) in [6.07, 6.45) is -1.90. The van der Waals surface area contributed by atoms with Gasteiger partial charge in [0.05, 0.1) is 13.2 Å². The maximum Gasteiger partial charge on any atom is 0.407 e. The smallest absolute Gasteiger partial charge is 0.407 e. The number of amides is 1. The van der Waals surface area contributed by atoms with Gasteiger partial charge in [-0.15, -0.1) is 0 Å². The third-order valence-corrected chi connectivity index (χ3v) is 2.82. The Bertz CT molecular complexity index is 495. The topological polar surface area (TPSA) is 84.9 Å². The highest BCUT2D eigenvalue weighted by atomic mass is 16.6. The fourth-order valence-corrected chi connectivity index (χ4v) is 1.85. The van der Waals surface area contributed by atoms with E-state index >= 15 is 0 Å². The molecule has 0 fully saturated rings. The van der Waals surface area contributed by atoms with E-state index in [-0.39, 0.29) is 6.42 Å². The summed E-state index contributed by atoms with van der Waals surface area (Å²) in [7, 11) is 1.18. The van der Waals surface area contributed by atoms with Gasteiger partial charge in [-0.3, -0.25) is 0 Å². The standard InChI is InChI=1S/C16H23NO5/c1-16(2,3)22-15(20)17-12(13(18)14(19)21-4)10-11-8-6-5-7-9-11/h5-9,12-13,18H,10H2,1-4H3,(H,17,20)/t12-,13-/m0/s1. The van der Waals surface area contributed by atoms with Crippen molar-refractivity contribution >= 4 is 12.1 Å². The van der Waals surface area contributed by atoms with E-state index in [2.05, 4.69) is 10.1 Å². The van der Waals surface area contributed by atoms with Crippen LogP contribution < -0.4 is 5.32 Å². The van der Waals surface area contributed by atoms with Gasteiger partial charge in [0.1, 0.15) is 5.60 Å². The van der Waals surface area contributed by atoms with Crippen molar-refractivity contribution in [1.82, 2.24) is 5.32 Å². The quantitative estimate of drug-likeness (QED) is 0.808. The van der Waals surface area contributed by atoms with Gasteiger partial charge in [0.25, 0.3) is 0 Å². The molecule has 1 amide bonds. The van der Waals surface area contributed by atoms with Crippen LogP contribution in [0.4, 0.5) is 4.79 Å². The number of benzene rings is 1. The van der Waals surface area contributed by atoms with Gasteiger partial charge in [-0.25, -0.2) is 9.59 Å². The molecule has 0 aliphatic rings. The summed E-state index contributed by atoms with van der Waals surface area (Å²) >= 11 is 0. The highest BCUT2D eigenvalue weighted by Crippen LogP contribution is 2.11. The highest BCUT2D eigenvalue weighted by Gasteiger charge is 2.30. The fraction of sp³-hybridized carbons (Fsp3) is 0.500. The predicted octanol–water partition coefficient (Wildman–Crippen LogP) is 1.66. The molecule has 22 heavy (non-hydrogen) atoms. The number of aliphatic hydroxyl groups is 1. The van der Waals surface area contributed by atoms with Crippen LogP contribution in [-0.2, 0) is 20.7 Å². The van der Waals surface area contributed by atoms with Crippen molar-refractivity contribution in [3.8, 4) is 0 Å². The number of hydrogen-bond donors (Lipinski definition) is 2. The molecule has 0 heterocycles. The molecule has 2 atom stereocenters. The Labute approximate surface area is 130 Å². The number of alkyl carbamates (subject to hydrolysis) is 1. The Morgan fingerprint density at radius 2 is 1.82 bits per heavy atom. The number of aliphatic hydroxyl groups excluding tert-OH is 1. The second-order valence-electron chi connectivity index (χ2n) is 5.91. The average Bonchev–Trinajstić information content (AvgIpc) is 2.44. The van der Waals surface area contributed by atoms with Crippen molar-refractivity contribution < 1.29 is 24.2 Å². The first kappa shape index (κ1) is 18.0. The number of nitrogens with one attached hydrogen (secondary N) is 1. The summed E-state index contributed by atoms with van der Waals surface area (Å²) in [5.74, 6) is -0.808. The van der Waals surface area contributed by atoms with Crippen molar-refractivity contribution in [2.75, 3.05) is 7.11 Å². The first-order chi connectivity index (χ1) is 10.2. The van der Waals surface area contributed by atoms with E-state index in [9.17, 15) is 14.7 Å². The van der Waals surface area contributed by atoms with E-state index in [4.69, 9.17) is 4.74 Å². The molecule has 0 bridgehead atoms. The number of methoxy groups -OCH3 is 1. The molecule has 0 saturated carbocycles. The van der Waals surface area contributed by atoms with E-state index < -0.39 is 29.8 Å². The SMILES string of the molecule is COC(=O)[C@@H](O)[C@H](Cc1ccccc1)NC(=O)OC(C)(C)C. The number of ether oxygens (including phenoxy) is 2. The lowest BCUT2D eigenvalue weighted by Crippen LogP contribution is -2.49. The van der Waals surface area contributed by atoms with Crippen molar-refractivity contribution in [3.63, 3.8) is 0 Å². The van der Waals surface area contributed by atoms with E-state index in [1.54, 1.807) is 20.8 Å². The minimum atomic E-state index is -1.47. The summed E-state index contributed by atoms with van der Waals surface area (Å²) in [6.45, 7) is 5.19. The van der Waals surface area contributed by atoms with Crippen LogP contribution in [0.5, 0.6) is 0 Å². The Morgan fingerprint density at radius 1 is 1.23 bits per heavy atom. The van der Waals surface area contributed by atoms with Gasteiger partial charge in [0, 0.05) is 0 Å².